The van der Waals surface area contributed by atoms with Crippen molar-refractivity contribution in [3.05, 3.63) is 19.8 Å². The fourth-order valence-electron chi connectivity index (χ4n) is 2.05. The predicted octanol–water partition coefficient (Wildman–Crippen LogP) is 3.52. The summed E-state index contributed by atoms with van der Waals surface area (Å²) in [6, 6.07) is 3.14. The minimum Gasteiger partial charge on any atom is -0.328 e. The van der Waals surface area contributed by atoms with Gasteiger partial charge in [-0.3, -0.25) is 0 Å². The van der Waals surface area contributed by atoms with Gasteiger partial charge in [-0.15, -0.1) is 11.3 Å². The summed E-state index contributed by atoms with van der Waals surface area (Å²) in [7, 11) is 0. The molecule has 1 saturated carbocycles. The fraction of sp³-hybridized carbons (Fsp3) is 0.636. The minimum absolute atomic E-state index is 0.420. The molecule has 1 aliphatic rings. The molecule has 1 aromatic heterocycles. The van der Waals surface area contributed by atoms with E-state index in [1.807, 2.05) is 0 Å². The van der Waals surface area contributed by atoms with Gasteiger partial charge in [-0.2, -0.15) is 0 Å². The van der Waals surface area contributed by atoms with Crippen molar-refractivity contribution in [3.63, 3.8) is 0 Å². The van der Waals surface area contributed by atoms with Crippen LogP contribution in [0.3, 0.4) is 0 Å². The third kappa shape index (κ3) is 3.44. The van der Waals surface area contributed by atoms with Crippen molar-refractivity contribution in [2.75, 3.05) is 0 Å². The molecule has 1 heterocycles. The SMILES string of the molecule is NC1CCC(NCc2cc(Br)c(Cl)s2)CC1. The molecule has 0 atom stereocenters. The average Bonchev–Trinajstić information content (AvgIpc) is 2.58. The van der Waals surface area contributed by atoms with E-state index in [0.717, 1.165) is 28.2 Å². The highest BCUT2D eigenvalue weighted by atomic mass is 79.9. The number of nitrogens with two attached hydrogens (primary N) is 1. The van der Waals surface area contributed by atoms with Crippen molar-refractivity contribution in [1.82, 2.24) is 5.32 Å². The van der Waals surface area contributed by atoms with Gasteiger partial charge >= 0.3 is 0 Å². The lowest BCUT2D eigenvalue weighted by Gasteiger charge is -2.26. The molecule has 0 aromatic carbocycles. The number of halogens is 2. The van der Waals surface area contributed by atoms with Crippen molar-refractivity contribution in [1.29, 1.82) is 0 Å². The lowest BCUT2D eigenvalue weighted by atomic mass is 9.92. The monoisotopic (exact) mass is 322 g/mol. The van der Waals surface area contributed by atoms with E-state index in [1.165, 1.54) is 17.7 Å². The van der Waals surface area contributed by atoms with Crippen LogP contribution in [0, 0.1) is 0 Å². The van der Waals surface area contributed by atoms with Crippen LogP contribution in [0.25, 0.3) is 0 Å². The second kappa shape index (κ2) is 5.83. The van der Waals surface area contributed by atoms with Gasteiger partial charge in [0.2, 0.25) is 0 Å². The summed E-state index contributed by atoms with van der Waals surface area (Å²) in [4.78, 5) is 1.28. The van der Waals surface area contributed by atoms with Gasteiger partial charge in [-0.1, -0.05) is 11.6 Å². The summed E-state index contributed by atoms with van der Waals surface area (Å²) < 4.78 is 1.84. The molecule has 1 aliphatic carbocycles. The Morgan fingerprint density at radius 3 is 2.69 bits per heavy atom. The Hall–Kier alpha value is 0.390. The molecule has 0 unspecified atom stereocenters. The third-order valence-corrected chi connectivity index (χ3v) is 5.51. The summed E-state index contributed by atoms with van der Waals surface area (Å²) >= 11 is 11.1. The highest BCUT2D eigenvalue weighted by Gasteiger charge is 2.18. The van der Waals surface area contributed by atoms with Crippen LogP contribution in [0.5, 0.6) is 0 Å². The Balaban J connectivity index is 1.79. The van der Waals surface area contributed by atoms with Crippen molar-refractivity contribution in [2.45, 2.75) is 44.3 Å². The Kier molecular flexibility index (Phi) is 4.67. The van der Waals surface area contributed by atoms with Crippen LogP contribution in [0.2, 0.25) is 4.34 Å². The summed E-state index contributed by atoms with van der Waals surface area (Å²) in [5.41, 5.74) is 5.88. The first-order valence-corrected chi connectivity index (χ1v) is 7.56. The maximum Gasteiger partial charge on any atom is 0.107 e. The number of hydrogen-bond acceptors (Lipinski definition) is 3. The van der Waals surface area contributed by atoms with Crippen LogP contribution in [-0.4, -0.2) is 12.1 Å². The third-order valence-electron chi connectivity index (χ3n) is 3.03. The highest BCUT2D eigenvalue weighted by molar-refractivity contribution is 9.10. The summed E-state index contributed by atoms with van der Waals surface area (Å²) in [5, 5.41) is 3.57. The molecule has 0 bridgehead atoms. The number of rotatable bonds is 3. The molecule has 0 saturated heterocycles. The molecule has 90 valence electrons. The van der Waals surface area contributed by atoms with Gasteiger partial charge in [0.05, 0.1) is 0 Å². The molecule has 5 heteroatoms. The quantitative estimate of drug-likeness (QED) is 0.893. The van der Waals surface area contributed by atoms with Gasteiger partial charge in [0.1, 0.15) is 4.34 Å². The summed E-state index contributed by atoms with van der Waals surface area (Å²) in [5.74, 6) is 0. The van der Waals surface area contributed by atoms with Crippen LogP contribution in [0.4, 0.5) is 0 Å². The van der Waals surface area contributed by atoms with Gasteiger partial charge in [0, 0.05) is 28.0 Å². The van der Waals surface area contributed by atoms with Crippen LogP contribution in [-0.2, 0) is 6.54 Å². The van der Waals surface area contributed by atoms with E-state index in [9.17, 15) is 0 Å². The van der Waals surface area contributed by atoms with E-state index < -0.39 is 0 Å². The Labute approximate surface area is 114 Å². The molecule has 3 N–H and O–H groups in total. The largest absolute Gasteiger partial charge is 0.328 e. The number of hydrogen-bond donors (Lipinski definition) is 2. The fourth-order valence-corrected chi connectivity index (χ4v) is 3.79. The average molecular weight is 324 g/mol. The molecule has 2 rings (SSSR count). The number of nitrogens with one attached hydrogen (secondary N) is 1. The lowest BCUT2D eigenvalue weighted by molar-refractivity contribution is 0.342. The molecular formula is C11H16BrClN2S. The first-order chi connectivity index (χ1) is 7.65. The van der Waals surface area contributed by atoms with Crippen molar-refractivity contribution in [3.8, 4) is 0 Å². The second-order valence-electron chi connectivity index (χ2n) is 4.33. The van der Waals surface area contributed by atoms with E-state index in [2.05, 4.69) is 27.3 Å². The first-order valence-electron chi connectivity index (χ1n) is 5.58. The minimum atomic E-state index is 0.420. The second-order valence-corrected chi connectivity index (χ2v) is 6.92. The van der Waals surface area contributed by atoms with Crippen LogP contribution in [0.15, 0.2) is 10.5 Å². The maximum absolute atomic E-state index is 6.00. The topological polar surface area (TPSA) is 38.0 Å². The van der Waals surface area contributed by atoms with E-state index in [4.69, 9.17) is 17.3 Å². The molecule has 1 fully saturated rings. The van der Waals surface area contributed by atoms with Crippen LogP contribution >= 0.6 is 38.9 Å². The predicted molar refractivity (Wildman–Crippen MR) is 74.1 cm³/mol. The number of thiophene rings is 1. The molecular weight excluding hydrogens is 308 g/mol. The zero-order valence-corrected chi connectivity index (χ0v) is 12.2. The molecule has 0 amide bonds. The molecule has 0 spiro atoms. The Morgan fingerprint density at radius 2 is 2.12 bits per heavy atom. The van der Waals surface area contributed by atoms with Crippen LogP contribution in [0.1, 0.15) is 30.6 Å². The van der Waals surface area contributed by atoms with Gasteiger partial charge in [-0.25, -0.2) is 0 Å². The first kappa shape index (κ1) is 12.8. The van der Waals surface area contributed by atoms with Crippen molar-refractivity contribution in [2.24, 2.45) is 5.73 Å². The molecule has 1 aromatic rings. The van der Waals surface area contributed by atoms with E-state index in [-0.39, 0.29) is 0 Å². The summed E-state index contributed by atoms with van der Waals surface area (Å²) in [6.07, 6.45) is 4.68. The molecule has 0 radical (unpaired) electrons. The Morgan fingerprint density at radius 1 is 1.44 bits per heavy atom. The standard InChI is InChI=1S/C11H16BrClN2S/c12-10-5-9(16-11(10)13)6-15-8-3-1-7(14)2-4-8/h5,7-8,15H,1-4,6,14H2. The van der Waals surface area contributed by atoms with E-state index in [1.54, 1.807) is 11.3 Å². The van der Waals surface area contributed by atoms with E-state index >= 15 is 0 Å². The lowest BCUT2D eigenvalue weighted by Crippen LogP contribution is -2.36. The highest BCUT2D eigenvalue weighted by Crippen LogP contribution is 2.32. The zero-order valence-electron chi connectivity index (χ0n) is 9.01. The van der Waals surface area contributed by atoms with Gasteiger partial charge in [0.15, 0.2) is 0 Å². The van der Waals surface area contributed by atoms with Crippen LogP contribution < -0.4 is 11.1 Å². The molecule has 0 aliphatic heterocycles. The molecule has 2 nitrogen and oxygen atoms in total. The zero-order chi connectivity index (χ0) is 11.5. The van der Waals surface area contributed by atoms with Crippen molar-refractivity contribution >= 4 is 38.9 Å². The van der Waals surface area contributed by atoms with Gasteiger partial charge < -0.3 is 11.1 Å². The summed E-state index contributed by atoms with van der Waals surface area (Å²) in [6.45, 7) is 0.913. The molecule has 16 heavy (non-hydrogen) atoms. The van der Waals surface area contributed by atoms with Gasteiger partial charge in [0.25, 0.3) is 0 Å². The normalized spacial score (nSPS) is 25.9. The van der Waals surface area contributed by atoms with Gasteiger partial charge in [-0.05, 0) is 47.7 Å². The maximum atomic E-state index is 6.00. The van der Waals surface area contributed by atoms with Crippen molar-refractivity contribution < 1.29 is 0 Å². The van der Waals surface area contributed by atoms with E-state index in [0.29, 0.717) is 12.1 Å². The Bertz CT molecular complexity index is 328. The smallest absolute Gasteiger partial charge is 0.107 e.